The maximum absolute atomic E-state index is 12.2. The molecule has 21 heavy (non-hydrogen) atoms. The number of nitrogens with zero attached hydrogens (tertiary/aromatic N) is 1. The van der Waals surface area contributed by atoms with Crippen LogP contribution in [0.1, 0.15) is 40.0 Å². The van der Waals surface area contributed by atoms with Crippen LogP contribution in [0.2, 0.25) is 0 Å². The molecule has 0 spiro atoms. The number of benzene rings is 2. The summed E-state index contributed by atoms with van der Waals surface area (Å²) >= 11 is 5.72. The second kappa shape index (κ2) is 6.92. The van der Waals surface area contributed by atoms with Gasteiger partial charge in [-0.25, -0.2) is 0 Å². The highest BCUT2D eigenvalue weighted by atomic mass is 35.5. The lowest BCUT2D eigenvalue weighted by Gasteiger charge is -2.14. The van der Waals surface area contributed by atoms with E-state index >= 15 is 0 Å². The van der Waals surface area contributed by atoms with Crippen LogP contribution < -0.4 is 5.32 Å². The number of nitriles is 1. The molecule has 1 N–H and O–H groups in total. The van der Waals surface area contributed by atoms with Gasteiger partial charge in [0.15, 0.2) is 0 Å². The van der Waals surface area contributed by atoms with E-state index < -0.39 is 0 Å². The van der Waals surface area contributed by atoms with Gasteiger partial charge in [-0.15, -0.1) is 11.6 Å². The van der Waals surface area contributed by atoms with E-state index in [0.717, 1.165) is 11.1 Å². The number of hydrogen-bond acceptors (Lipinski definition) is 2. The van der Waals surface area contributed by atoms with Gasteiger partial charge in [-0.2, -0.15) is 5.26 Å². The van der Waals surface area contributed by atoms with Gasteiger partial charge in [0, 0.05) is 11.4 Å². The Hall–Kier alpha value is -2.31. The van der Waals surface area contributed by atoms with Crippen molar-refractivity contribution in [1.82, 2.24) is 5.32 Å². The lowest BCUT2D eigenvalue weighted by Crippen LogP contribution is -2.26. The van der Waals surface area contributed by atoms with Gasteiger partial charge >= 0.3 is 0 Å². The molecule has 0 aromatic heterocycles. The number of rotatable bonds is 4. The van der Waals surface area contributed by atoms with Crippen molar-refractivity contribution in [3.05, 3.63) is 70.8 Å². The van der Waals surface area contributed by atoms with Gasteiger partial charge in [-0.1, -0.05) is 24.3 Å². The fourth-order valence-electron chi connectivity index (χ4n) is 1.95. The zero-order valence-electron chi connectivity index (χ0n) is 11.6. The molecule has 2 aromatic carbocycles. The van der Waals surface area contributed by atoms with Gasteiger partial charge in [0.05, 0.1) is 17.7 Å². The molecular formula is C17H15ClN2O. The predicted octanol–water partition coefficient (Wildman–Crippen LogP) is 3.79. The van der Waals surface area contributed by atoms with Gasteiger partial charge in [0.2, 0.25) is 0 Å². The summed E-state index contributed by atoms with van der Waals surface area (Å²) in [6, 6.07) is 16.3. The Morgan fingerprint density at radius 3 is 2.33 bits per heavy atom. The van der Waals surface area contributed by atoms with Crippen LogP contribution in [-0.4, -0.2) is 5.91 Å². The highest BCUT2D eigenvalue weighted by molar-refractivity contribution is 6.17. The standard InChI is InChI=1S/C17H15ClN2O/c1-12(15-6-4-14(11-19)5-7-15)20-17(21)16-8-2-13(10-18)3-9-16/h2-9,12H,10H2,1H3,(H,20,21). The second-order valence-electron chi connectivity index (χ2n) is 4.76. The average molecular weight is 299 g/mol. The van der Waals surface area contributed by atoms with E-state index in [1.165, 1.54) is 0 Å². The lowest BCUT2D eigenvalue weighted by molar-refractivity contribution is 0.0940. The molecule has 3 nitrogen and oxygen atoms in total. The Morgan fingerprint density at radius 2 is 1.81 bits per heavy atom. The van der Waals surface area contributed by atoms with E-state index in [1.807, 2.05) is 31.2 Å². The van der Waals surface area contributed by atoms with Crippen molar-refractivity contribution in [1.29, 1.82) is 5.26 Å². The fourth-order valence-corrected chi connectivity index (χ4v) is 2.13. The SMILES string of the molecule is CC(NC(=O)c1ccc(CCl)cc1)c1ccc(C#N)cc1. The van der Waals surface area contributed by atoms with Crippen LogP contribution in [0.15, 0.2) is 48.5 Å². The third kappa shape index (κ3) is 3.84. The number of carbonyl (C=O) groups is 1. The van der Waals surface area contributed by atoms with Gasteiger partial charge in [-0.05, 0) is 42.3 Å². The van der Waals surface area contributed by atoms with E-state index in [0.29, 0.717) is 17.0 Å². The Bertz CT molecular complexity index is 657. The minimum absolute atomic E-state index is 0.127. The van der Waals surface area contributed by atoms with Crippen molar-refractivity contribution in [2.75, 3.05) is 0 Å². The average Bonchev–Trinajstić information content (AvgIpc) is 2.55. The molecule has 1 unspecified atom stereocenters. The van der Waals surface area contributed by atoms with Crippen LogP contribution >= 0.6 is 11.6 Å². The monoisotopic (exact) mass is 298 g/mol. The molecule has 0 radical (unpaired) electrons. The molecule has 0 saturated heterocycles. The van der Waals surface area contributed by atoms with Gasteiger partial charge in [0.1, 0.15) is 0 Å². The number of halogens is 1. The topological polar surface area (TPSA) is 52.9 Å². The highest BCUT2D eigenvalue weighted by Crippen LogP contribution is 2.14. The molecule has 1 amide bonds. The summed E-state index contributed by atoms with van der Waals surface area (Å²) in [5, 5.41) is 11.7. The molecule has 2 rings (SSSR count). The number of alkyl halides is 1. The van der Waals surface area contributed by atoms with E-state index in [2.05, 4.69) is 11.4 Å². The Balaban J connectivity index is 2.05. The van der Waals surface area contributed by atoms with Crippen molar-refractivity contribution >= 4 is 17.5 Å². The minimum Gasteiger partial charge on any atom is -0.346 e. The minimum atomic E-state index is -0.131. The quantitative estimate of drug-likeness (QED) is 0.873. The number of hydrogen-bond donors (Lipinski definition) is 1. The Morgan fingerprint density at radius 1 is 1.19 bits per heavy atom. The Kier molecular flexibility index (Phi) is 4.97. The normalized spacial score (nSPS) is 11.5. The summed E-state index contributed by atoms with van der Waals surface area (Å²) in [7, 11) is 0. The molecule has 0 bridgehead atoms. The molecule has 1 atom stereocenters. The summed E-state index contributed by atoms with van der Waals surface area (Å²) in [4.78, 5) is 12.2. The van der Waals surface area contributed by atoms with Gasteiger partial charge in [0.25, 0.3) is 5.91 Å². The summed E-state index contributed by atoms with van der Waals surface area (Å²) in [6.07, 6.45) is 0. The summed E-state index contributed by atoms with van der Waals surface area (Å²) in [6.45, 7) is 1.91. The van der Waals surface area contributed by atoms with Crippen molar-refractivity contribution in [3.63, 3.8) is 0 Å². The van der Waals surface area contributed by atoms with Crippen molar-refractivity contribution in [3.8, 4) is 6.07 Å². The van der Waals surface area contributed by atoms with Crippen molar-refractivity contribution in [2.45, 2.75) is 18.8 Å². The maximum Gasteiger partial charge on any atom is 0.251 e. The molecule has 0 aliphatic heterocycles. The maximum atomic E-state index is 12.2. The Labute approximate surface area is 129 Å². The van der Waals surface area contributed by atoms with Gasteiger partial charge < -0.3 is 5.32 Å². The van der Waals surface area contributed by atoms with Crippen LogP contribution in [0.4, 0.5) is 0 Å². The van der Waals surface area contributed by atoms with Crippen LogP contribution in [-0.2, 0) is 5.88 Å². The predicted molar refractivity (Wildman–Crippen MR) is 83.0 cm³/mol. The molecular weight excluding hydrogens is 284 g/mol. The van der Waals surface area contributed by atoms with E-state index in [1.54, 1.807) is 24.3 Å². The molecule has 0 aliphatic carbocycles. The third-order valence-electron chi connectivity index (χ3n) is 3.26. The first kappa shape index (κ1) is 15.1. The molecule has 106 valence electrons. The molecule has 4 heteroatoms. The first-order valence-electron chi connectivity index (χ1n) is 6.60. The zero-order chi connectivity index (χ0) is 15.2. The van der Waals surface area contributed by atoms with Crippen LogP contribution in [0, 0.1) is 11.3 Å². The smallest absolute Gasteiger partial charge is 0.251 e. The first-order chi connectivity index (χ1) is 10.1. The number of amides is 1. The van der Waals surface area contributed by atoms with Crippen LogP contribution in [0.25, 0.3) is 0 Å². The number of carbonyl (C=O) groups excluding carboxylic acids is 1. The third-order valence-corrected chi connectivity index (χ3v) is 3.57. The lowest BCUT2D eigenvalue weighted by atomic mass is 10.1. The van der Waals surface area contributed by atoms with Crippen molar-refractivity contribution < 1.29 is 4.79 Å². The zero-order valence-corrected chi connectivity index (χ0v) is 12.4. The highest BCUT2D eigenvalue weighted by Gasteiger charge is 2.11. The van der Waals surface area contributed by atoms with E-state index in [9.17, 15) is 4.79 Å². The summed E-state index contributed by atoms with van der Waals surface area (Å²) < 4.78 is 0. The van der Waals surface area contributed by atoms with Crippen LogP contribution in [0.5, 0.6) is 0 Å². The van der Waals surface area contributed by atoms with Gasteiger partial charge in [-0.3, -0.25) is 4.79 Å². The molecule has 0 saturated carbocycles. The van der Waals surface area contributed by atoms with Crippen molar-refractivity contribution in [2.24, 2.45) is 0 Å². The molecule has 0 fully saturated rings. The second-order valence-corrected chi connectivity index (χ2v) is 5.03. The molecule has 2 aromatic rings. The summed E-state index contributed by atoms with van der Waals surface area (Å²) in [5.74, 6) is 0.303. The summed E-state index contributed by atoms with van der Waals surface area (Å²) in [5.41, 5.74) is 3.14. The fraction of sp³-hybridized carbons (Fsp3) is 0.176. The van der Waals surface area contributed by atoms with E-state index in [-0.39, 0.29) is 11.9 Å². The molecule has 0 aliphatic rings. The molecule has 0 heterocycles. The largest absolute Gasteiger partial charge is 0.346 e. The number of nitrogens with one attached hydrogen (secondary N) is 1. The van der Waals surface area contributed by atoms with Crippen LogP contribution in [0.3, 0.4) is 0 Å². The first-order valence-corrected chi connectivity index (χ1v) is 7.13. The van der Waals surface area contributed by atoms with E-state index in [4.69, 9.17) is 16.9 Å².